The summed E-state index contributed by atoms with van der Waals surface area (Å²) in [7, 11) is 0. The summed E-state index contributed by atoms with van der Waals surface area (Å²) in [6.45, 7) is 2.69. The van der Waals surface area contributed by atoms with Gasteiger partial charge >= 0.3 is 0 Å². The number of amides is 1. The van der Waals surface area contributed by atoms with E-state index in [2.05, 4.69) is 5.32 Å². The third-order valence-electron chi connectivity index (χ3n) is 3.54. The van der Waals surface area contributed by atoms with Crippen molar-refractivity contribution in [1.82, 2.24) is 5.32 Å². The van der Waals surface area contributed by atoms with Gasteiger partial charge < -0.3 is 11.1 Å². The van der Waals surface area contributed by atoms with Gasteiger partial charge in [0.05, 0.1) is 0 Å². The zero-order valence-electron chi connectivity index (χ0n) is 8.23. The van der Waals surface area contributed by atoms with E-state index >= 15 is 0 Å². The number of rotatable bonds is 4. The predicted octanol–water partition coefficient (Wildman–Crippen LogP) is 0.784. The molecule has 0 heterocycles. The van der Waals surface area contributed by atoms with Crippen LogP contribution in [0.1, 0.15) is 39.0 Å². The van der Waals surface area contributed by atoms with Gasteiger partial charge in [-0.05, 0) is 37.6 Å². The Labute approximate surface area is 79.1 Å². The standard InChI is InChI=1S/C10H18N2O/c1-2-8(13)12-10-5-9(6-10,7-10)3-4-11/h2-7,11H2,1H3,(H,12,13). The summed E-state index contributed by atoms with van der Waals surface area (Å²) in [4.78, 5) is 11.2. The van der Waals surface area contributed by atoms with E-state index in [9.17, 15) is 4.79 Å². The molecule has 0 aromatic rings. The van der Waals surface area contributed by atoms with E-state index < -0.39 is 0 Å². The molecular formula is C10H18N2O. The first kappa shape index (κ1) is 9.00. The molecule has 74 valence electrons. The summed E-state index contributed by atoms with van der Waals surface area (Å²) >= 11 is 0. The molecular weight excluding hydrogens is 164 g/mol. The third-order valence-corrected chi connectivity index (χ3v) is 3.54. The minimum absolute atomic E-state index is 0.195. The molecule has 2 bridgehead atoms. The minimum Gasteiger partial charge on any atom is -0.351 e. The maximum Gasteiger partial charge on any atom is 0.220 e. The van der Waals surface area contributed by atoms with Gasteiger partial charge in [-0.1, -0.05) is 6.92 Å². The molecule has 0 aromatic heterocycles. The van der Waals surface area contributed by atoms with Gasteiger partial charge in [0, 0.05) is 12.0 Å². The molecule has 3 saturated carbocycles. The fourth-order valence-electron chi connectivity index (χ4n) is 3.09. The van der Waals surface area contributed by atoms with Crippen molar-refractivity contribution in [2.45, 2.75) is 44.6 Å². The predicted molar refractivity (Wildman–Crippen MR) is 51.1 cm³/mol. The van der Waals surface area contributed by atoms with E-state index in [-0.39, 0.29) is 11.4 Å². The molecule has 0 aromatic carbocycles. The maximum atomic E-state index is 11.2. The van der Waals surface area contributed by atoms with Gasteiger partial charge in [-0.15, -0.1) is 0 Å². The van der Waals surface area contributed by atoms with E-state index in [4.69, 9.17) is 5.73 Å². The Balaban J connectivity index is 1.80. The lowest BCUT2D eigenvalue weighted by Crippen LogP contribution is -2.74. The van der Waals surface area contributed by atoms with E-state index in [1.807, 2.05) is 6.92 Å². The second kappa shape index (κ2) is 2.71. The summed E-state index contributed by atoms with van der Waals surface area (Å²) in [5, 5.41) is 3.11. The third kappa shape index (κ3) is 1.26. The number of carbonyl (C=O) groups excluding carboxylic acids is 1. The number of nitrogens with one attached hydrogen (secondary N) is 1. The molecule has 3 aliphatic carbocycles. The van der Waals surface area contributed by atoms with Crippen LogP contribution in [0.4, 0.5) is 0 Å². The molecule has 0 saturated heterocycles. The lowest BCUT2D eigenvalue weighted by Gasteiger charge is -2.71. The maximum absolute atomic E-state index is 11.2. The van der Waals surface area contributed by atoms with Gasteiger partial charge in [0.1, 0.15) is 0 Å². The van der Waals surface area contributed by atoms with E-state index in [0.29, 0.717) is 11.8 Å². The molecule has 0 aliphatic heterocycles. The van der Waals surface area contributed by atoms with Gasteiger partial charge in [0.15, 0.2) is 0 Å². The van der Waals surface area contributed by atoms with Crippen LogP contribution in [-0.2, 0) is 4.79 Å². The van der Waals surface area contributed by atoms with E-state index in [1.165, 1.54) is 19.3 Å². The lowest BCUT2D eigenvalue weighted by atomic mass is 9.38. The fourth-order valence-corrected chi connectivity index (χ4v) is 3.09. The zero-order valence-corrected chi connectivity index (χ0v) is 8.23. The summed E-state index contributed by atoms with van der Waals surface area (Å²) in [6, 6.07) is 0. The largest absolute Gasteiger partial charge is 0.351 e. The average molecular weight is 182 g/mol. The smallest absolute Gasteiger partial charge is 0.220 e. The summed E-state index contributed by atoms with van der Waals surface area (Å²) in [5.41, 5.74) is 6.25. The van der Waals surface area contributed by atoms with Crippen LogP contribution in [0.15, 0.2) is 0 Å². The molecule has 1 amide bonds. The molecule has 0 spiro atoms. The van der Waals surface area contributed by atoms with Crippen molar-refractivity contribution >= 4 is 5.91 Å². The highest BCUT2D eigenvalue weighted by atomic mass is 16.1. The molecule has 0 unspecified atom stereocenters. The minimum atomic E-state index is 0.195. The Morgan fingerprint density at radius 1 is 1.46 bits per heavy atom. The van der Waals surface area contributed by atoms with Crippen molar-refractivity contribution in [2.24, 2.45) is 11.1 Å². The van der Waals surface area contributed by atoms with Crippen LogP contribution in [0.3, 0.4) is 0 Å². The molecule has 3 nitrogen and oxygen atoms in total. The Kier molecular flexibility index (Phi) is 1.88. The summed E-state index contributed by atoms with van der Waals surface area (Å²) < 4.78 is 0. The van der Waals surface area contributed by atoms with E-state index in [1.54, 1.807) is 0 Å². The molecule has 0 atom stereocenters. The highest BCUT2D eigenvalue weighted by Crippen LogP contribution is 2.68. The Morgan fingerprint density at radius 3 is 2.54 bits per heavy atom. The van der Waals surface area contributed by atoms with Crippen molar-refractivity contribution in [3.8, 4) is 0 Å². The highest BCUT2D eigenvalue weighted by Gasteiger charge is 2.67. The number of hydrogen-bond donors (Lipinski definition) is 2. The summed E-state index contributed by atoms with van der Waals surface area (Å²) in [6.07, 6.45) is 5.25. The van der Waals surface area contributed by atoms with Crippen molar-refractivity contribution in [1.29, 1.82) is 0 Å². The Bertz CT molecular complexity index is 217. The highest BCUT2D eigenvalue weighted by molar-refractivity contribution is 5.77. The van der Waals surface area contributed by atoms with Crippen LogP contribution < -0.4 is 11.1 Å². The van der Waals surface area contributed by atoms with Crippen LogP contribution in [0, 0.1) is 5.41 Å². The topological polar surface area (TPSA) is 55.1 Å². The first-order valence-electron chi connectivity index (χ1n) is 5.15. The molecule has 3 aliphatic rings. The second-order valence-corrected chi connectivity index (χ2v) is 4.75. The lowest BCUT2D eigenvalue weighted by molar-refractivity contribution is -0.167. The van der Waals surface area contributed by atoms with Gasteiger partial charge in [-0.3, -0.25) is 4.79 Å². The van der Waals surface area contributed by atoms with Crippen LogP contribution >= 0.6 is 0 Å². The van der Waals surface area contributed by atoms with Gasteiger partial charge in [0.2, 0.25) is 5.91 Å². The van der Waals surface area contributed by atoms with Crippen LogP contribution in [-0.4, -0.2) is 18.0 Å². The first-order valence-corrected chi connectivity index (χ1v) is 5.15. The number of nitrogens with two attached hydrogens (primary N) is 1. The second-order valence-electron chi connectivity index (χ2n) is 4.75. The Hall–Kier alpha value is -0.570. The number of carbonyl (C=O) groups is 1. The van der Waals surface area contributed by atoms with Crippen LogP contribution in [0.25, 0.3) is 0 Å². The van der Waals surface area contributed by atoms with Crippen molar-refractivity contribution in [3.05, 3.63) is 0 Å². The fraction of sp³-hybridized carbons (Fsp3) is 0.900. The van der Waals surface area contributed by atoms with Gasteiger partial charge in [-0.25, -0.2) is 0 Å². The zero-order chi connectivity index (χ0) is 9.53. The molecule has 13 heavy (non-hydrogen) atoms. The molecule has 3 fully saturated rings. The average Bonchev–Trinajstić information content (AvgIpc) is 1.98. The Morgan fingerprint density at radius 2 is 2.08 bits per heavy atom. The van der Waals surface area contributed by atoms with Gasteiger partial charge in [0.25, 0.3) is 0 Å². The van der Waals surface area contributed by atoms with Gasteiger partial charge in [-0.2, -0.15) is 0 Å². The quantitative estimate of drug-likeness (QED) is 0.675. The molecule has 3 rings (SSSR count). The van der Waals surface area contributed by atoms with Crippen LogP contribution in [0.5, 0.6) is 0 Å². The normalized spacial score (nSPS) is 40.5. The van der Waals surface area contributed by atoms with Crippen molar-refractivity contribution < 1.29 is 4.79 Å². The first-order chi connectivity index (χ1) is 6.14. The monoisotopic (exact) mass is 182 g/mol. The van der Waals surface area contributed by atoms with E-state index in [0.717, 1.165) is 13.0 Å². The number of hydrogen-bond acceptors (Lipinski definition) is 2. The van der Waals surface area contributed by atoms with Crippen LogP contribution in [0.2, 0.25) is 0 Å². The molecule has 0 radical (unpaired) electrons. The molecule has 3 N–H and O–H groups in total. The molecule has 3 heteroatoms. The van der Waals surface area contributed by atoms with Crippen molar-refractivity contribution in [3.63, 3.8) is 0 Å². The van der Waals surface area contributed by atoms with Crippen molar-refractivity contribution in [2.75, 3.05) is 6.54 Å². The summed E-state index contributed by atoms with van der Waals surface area (Å²) in [5.74, 6) is 0.195. The SMILES string of the molecule is CCC(=O)NC12CC(CCN)(C1)C2.